The van der Waals surface area contributed by atoms with E-state index < -0.39 is 0 Å². The van der Waals surface area contributed by atoms with Crippen LogP contribution in [0.25, 0.3) is 11.3 Å². The Bertz CT molecular complexity index is 714. The summed E-state index contributed by atoms with van der Waals surface area (Å²) in [6.45, 7) is 1.40. The van der Waals surface area contributed by atoms with Crippen LogP contribution in [0.5, 0.6) is 0 Å². The smallest absolute Gasteiger partial charge is 0.317 e. The van der Waals surface area contributed by atoms with Gasteiger partial charge in [-0.15, -0.1) is 0 Å². The fourth-order valence-corrected chi connectivity index (χ4v) is 2.97. The van der Waals surface area contributed by atoms with Gasteiger partial charge in [0.05, 0.1) is 5.69 Å². The number of fused-ring (bicyclic) bond motifs is 1. The topological polar surface area (TPSA) is 71.0 Å². The molecule has 4 rings (SSSR count). The van der Waals surface area contributed by atoms with Crippen LogP contribution >= 0.6 is 0 Å². The number of carbonyl (C=O) groups excluding carboxylic acids is 1. The van der Waals surface area contributed by atoms with Gasteiger partial charge in [-0.1, -0.05) is 0 Å². The summed E-state index contributed by atoms with van der Waals surface area (Å²) < 4.78 is 0. The molecule has 1 fully saturated rings. The molecule has 0 bridgehead atoms. The predicted octanol–water partition coefficient (Wildman–Crippen LogP) is 1.81. The molecule has 1 N–H and O–H groups in total. The lowest BCUT2D eigenvalue weighted by Gasteiger charge is -2.20. The first kappa shape index (κ1) is 14.1. The maximum absolute atomic E-state index is 12.3. The van der Waals surface area contributed by atoms with Crippen molar-refractivity contribution in [1.29, 1.82) is 0 Å². The van der Waals surface area contributed by atoms with Gasteiger partial charge in [0.15, 0.2) is 0 Å². The van der Waals surface area contributed by atoms with Crippen molar-refractivity contribution in [3.05, 3.63) is 42.1 Å². The molecule has 2 aromatic rings. The minimum Gasteiger partial charge on any atom is -0.335 e. The molecule has 118 valence electrons. The molecule has 1 aliphatic carbocycles. The van der Waals surface area contributed by atoms with E-state index in [2.05, 4.69) is 20.3 Å². The third-order valence-corrected chi connectivity index (χ3v) is 4.41. The summed E-state index contributed by atoms with van der Waals surface area (Å²) >= 11 is 0. The zero-order valence-corrected chi connectivity index (χ0v) is 12.9. The summed E-state index contributed by atoms with van der Waals surface area (Å²) in [5, 5.41) is 3.07. The maximum atomic E-state index is 12.3. The monoisotopic (exact) mass is 309 g/mol. The fraction of sp³-hybridized carbons (Fsp3) is 0.412. The highest BCUT2D eigenvalue weighted by atomic mass is 16.2. The molecule has 23 heavy (non-hydrogen) atoms. The Morgan fingerprint density at radius 1 is 1.22 bits per heavy atom. The molecule has 0 unspecified atom stereocenters. The number of urea groups is 1. The Labute approximate surface area is 135 Å². The van der Waals surface area contributed by atoms with Crippen molar-refractivity contribution in [1.82, 2.24) is 25.2 Å². The van der Waals surface area contributed by atoms with Crippen molar-refractivity contribution in [3.63, 3.8) is 0 Å². The van der Waals surface area contributed by atoms with E-state index in [1.54, 1.807) is 12.5 Å². The van der Waals surface area contributed by atoms with E-state index in [1.807, 2.05) is 23.2 Å². The average Bonchev–Trinajstić information content (AvgIpc) is 3.41. The SMILES string of the molecule is O=C(NC1CC1)N1CCc2ncnc(-c3cccnc3)c2CC1. The number of aromatic nitrogens is 3. The average molecular weight is 309 g/mol. The summed E-state index contributed by atoms with van der Waals surface area (Å²) in [5.74, 6) is 0. The molecule has 2 amide bonds. The molecule has 0 radical (unpaired) electrons. The Hall–Kier alpha value is -2.50. The van der Waals surface area contributed by atoms with Gasteiger partial charge in [0.25, 0.3) is 0 Å². The normalized spacial score (nSPS) is 17.3. The summed E-state index contributed by atoms with van der Waals surface area (Å²) in [7, 11) is 0. The van der Waals surface area contributed by atoms with E-state index in [9.17, 15) is 4.79 Å². The van der Waals surface area contributed by atoms with Crippen LogP contribution < -0.4 is 5.32 Å². The zero-order valence-electron chi connectivity index (χ0n) is 12.9. The molecular formula is C17H19N5O. The Balaban J connectivity index is 1.57. The summed E-state index contributed by atoms with van der Waals surface area (Å²) in [6.07, 6.45) is 8.95. The minimum atomic E-state index is 0.0520. The number of nitrogens with one attached hydrogen (secondary N) is 1. The standard InChI is InChI=1S/C17H19N5O/c23-17(21-13-3-4-13)22-8-5-14-15(6-9-22)19-11-20-16(14)12-2-1-7-18-10-12/h1-2,7,10-11,13H,3-6,8-9H2,(H,21,23). The lowest BCUT2D eigenvalue weighted by Crippen LogP contribution is -2.42. The van der Waals surface area contributed by atoms with Gasteiger partial charge in [-0.05, 0) is 31.4 Å². The number of rotatable bonds is 2. The van der Waals surface area contributed by atoms with E-state index in [0.717, 1.165) is 48.2 Å². The molecule has 1 aliphatic heterocycles. The van der Waals surface area contributed by atoms with Crippen molar-refractivity contribution < 1.29 is 4.79 Å². The fourth-order valence-electron chi connectivity index (χ4n) is 2.97. The second kappa shape index (κ2) is 5.95. The Morgan fingerprint density at radius 2 is 2.09 bits per heavy atom. The van der Waals surface area contributed by atoms with Gasteiger partial charge in [-0.2, -0.15) is 0 Å². The van der Waals surface area contributed by atoms with Gasteiger partial charge in [-0.3, -0.25) is 4.98 Å². The first-order valence-electron chi connectivity index (χ1n) is 8.10. The highest BCUT2D eigenvalue weighted by Crippen LogP contribution is 2.25. The van der Waals surface area contributed by atoms with Crippen LogP contribution in [0, 0.1) is 0 Å². The number of amides is 2. The molecular weight excluding hydrogens is 290 g/mol. The summed E-state index contributed by atoms with van der Waals surface area (Å²) in [6, 6.07) is 4.36. The van der Waals surface area contributed by atoms with Gasteiger partial charge < -0.3 is 10.2 Å². The molecule has 2 aromatic heterocycles. The van der Waals surface area contributed by atoms with Gasteiger partial charge in [0.1, 0.15) is 6.33 Å². The van der Waals surface area contributed by atoms with Crippen LogP contribution in [-0.2, 0) is 12.8 Å². The number of hydrogen-bond acceptors (Lipinski definition) is 4. The Morgan fingerprint density at radius 3 is 2.87 bits per heavy atom. The molecule has 1 saturated carbocycles. The number of pyridine rings is 1. The van der Waals surface area contributed by atoms with E-state index in [1.165, 1.54) is 0 Å². The molecule has 0 spiro atoms. The van der Waals surface area contributed by atoms with Crippen molar-refractivity contribution in [2.24, 2.45) is 0 Å². The second-order valence-corrected chi connectivity index (χ2v) is 6.10. The molecule has 6 nitrogen and oxygen atoms in total. The summed E-state index contributed by atoms with van der Waals surface area (Å²) in [4.78, 5) is 27.3. The number of carbonyl (C=O) groups is 1. The Kier molecular flexibility index (Phi) is 3.65. The molecule has 6 heteroatoms. The van der Waals surface area contributed by atoms with Crippen LogP contribution in [-0.4, -0.2) is 45.0 Å². The van der Waals surface area contributed by atoms with Gasteiger partial charge in [0.2, 0.25) is 0 Å². The van der Waals surface area contributed by atoms with E-state index in [0.29, 0.717) is 19.1 Å². The highest BCUT2D eigenvalue weighted by molar-refractivity contribution is 5.75. The lowest BCUT2D eigenvalue weighted by molar-refractivity contribution is 0.200. The van der Waals surface area contributed by atoms with Gasteiger partial charge >= 0.3 is 6.03 Å². The van der Waals surface area contributed by atoms with Crippen molar-refractivity contribution in [2.45, 2.75) is 31.7 Å². The largest absolute Gasteiger partial charge is 0.335 e. The van der Waals surface area contributed by atoms with Gasteiger partial charge in [-0.25, -0.2) is 14.8 Å². The molecule has 3 heterocycles. The lowest BCUT2D eigenvalue weighted by atomic mass is 10.0. The summed E-state index contributed by atoms with van der Waals surface area (Å²) in [5.41, 5.74) is 4.12. The maximum Gasteiger partial charge on any atom is 0.317 e. The highest BCUT2D eigenvalue weighted by Gasteiger charge is 2.27. The third-order valence-electron chi connectivity index (χ3n) is 4.41. The van der Waals surface area contributed by atoms with Gasteiger partial charge in [0, 0.05) is 54.8 Å². The van der Waals surface area contributed by atoms with E-state index >= 15 is 0 Å². The number of nitrogens with zero attached hydrogens (tertiary/aromatic N) is 4. The first-order chi connectivity index (χ1) is 11.3. The van der Waals surface area contributed by atoms with Crippen LogP contribution in [0.4, 0.5) is 4.79 Å². The van der Waals surface area contributed by atoms with Crippen LogP contribution in [0.3, 0.4) is 0 Å². The third kappa shape index (κ3) is 3.02. The molecule has 2 aliphatic rings. The van der Waals surface area contributed by atoms with E-state index in [4.69, 9.17) is 0 Å². The number of hydrogen-bond donors (Lipinski definition) is 1. The first-order valence-corrected chi connectivity index (χ1v) is 8.10. The predicted molar refractivity (Wildman–Crippen MR) is 85.8 cm³/mol. The quantitative estimate of drug-likeness (QED) is 0.918. The molecule has 0 saturated heterocycles. The molecule has 0 atom stereocenters. The van der Waals surface area contributed by atoms with Crippen LogP contribution in [0.2, 0.25) is 0 Å². The minimum absolute atomic E-state index is 0.0520. The van der Waals surface area contributed by atoms with Crippen molar-refractivity contribution in [3.8, 4) is 11.3 Å². The molecule has 0 aromatic carbocycles. The van der Waals surface area contributed by atoms with Crippen molar-refractivity contribution in [2.75, 3.05) is 13.1 Å². The van der Waals surface area contributed by atoms with Crippen LogP contribution in [0.15, 0.2) is 30.9 Å². The van der Waals surface area contributed by atoms with Crippen LogP contribution in [0.1, 0.15) is 24.1 Å². The van der Waals surface area contributed by atoms with Crippen molar-refractivity contribution >= 4 is 6.03 Å². The van der Waals surface area contributed by atoms with E-state index in [-0.39, 0.29) is 6.03 Å². The second-order valence-electron chi connectivity index (χ2n) is 6.10. The zero-order chi connectivity index (χ0) is 15.6.